The van der Waals surface area contributed by atoms with E-state index in [4.69, 9.17) is 25.5 Å². The lowest BCUT2D eigenvalue weighted by Crippen LogP contribution is -2.27. The van der Waals surface area contributed by atoms with Gasteiger partial charge in [0.2, 0.25) is 10.0 Å². The number of sulfonamides is 1. The maximum atomic E-state index is 11.6. The van der Waals surface area contributed by atoms with Crippen LogP contribution in [0, 0.1) is 0 Å². The maximum absolute atomic E-state index is 11.6. The van der Waals surface area contributed by atoms with Crippen LogP contribution >= 0.6 is 0 Å². The van der Waals surface area contributed by atoms with Crippen molar-refractivity contribution >= 4 is 32.9 Å². The van der Waals surface area contributed by atoms with Gasteiger partial charge in [0.25, 0.3) is 0 Å². The van der Waals surface area contributed by atoms with E-state index in [1.54, 1.807) is 0 Å². The van der Waals surface area contributed by atoms with Crippen molar-refractivity contribution in [1.29, 1.82) is 0 Å². The average Bonchev–Trinajstić information content (AvgIpc) is 2.92. The first-order chi connectivity index (χ1) is 12.1. The second kappa shape index (κ2) is 7.85. The number of hydrogen-bond donors (Lipinski definition) is 5. The highest BCUT2D eigenvalue weighted by atomic mass is 32.2. The Bertz CT molecular complexity index is 923. The first kappa shape index (κ1) is 19.9. The van der Waals surface area contributed by atoms with Crippen LogP contribution in [0.15, 0.2) is 18.2 Å². The second-order valence-corrected chi connectivity index (χ2v) is 7.96. The predicted molar refractivity (Wildman–Crippen MR) is 95.3 cm³/mol. The van der Waals surface area contributed by atoms with E-state index < -0.39 is 22.0 Å². The zero-order valence-corrected chi connectivity index (χ0v) is 15.0. The van der Waals surface area contributed by atoms with Crippen LogP contribution in [0.2, 0.25) is 0 Å². The third-order valence-electron chi connectivity index (χ3n) is 4.14. The van der Waals surface area contributed by atoms with Crippen LogP contribution in [0.25, 0.3) is 10.9 Å². The van der Waals surface area contributed by atoms with E-state index in [0.717, 1.165) is 35.7 Å². The van der Waals surface area contributed by atoms with Crippen molar-refractivity contribution in [3.8, 4) is 0 Å². The molecule has 0 saturated heterocycles. The lowest BCUT2D eigenvalue weighted by atomic mass is 9.92. The van der Waals surface area contributed by atoms with Crippen molar-refractivity contribution in [3.63, 3.8) is 0 Å². The van der Waals surface area contributed by atoms with Gasteiger partial charge in [0.1, 0.15) is 0 Å². The average molecular weight is 383 g/mol. The summed E-state index contributed by atoms with van der Waals surface area (Å²) in [5.41, 5.74) is 10.4. The van der Waals surface area contributed by atoms with Gasteiger partial charge in [-0.3, -0.25) is 0 Å². The molecule has 1 unspecified atom stereocenters. The number of H-pyrrole nitrogens is 1. The minimum absolute atomic E-state index is 0.00540. The summed E-state index contributed by atoms with van der Waals surface area (Å²) in [4.78, 5) is 21.6. The summed E-state index contributed by atoms with van der Waals surface area (Å²) >= 11 is 0. The van der Waals surface area contributed by atoms with Crippen molar-refractivity contribution in [1.82, 2.24) is 9.71 Å². The molecule has 0 radical (unpaired) electrons. The van der Waals surface area contributed by atoms with Crippen molar-refractivity contribution in [3.05, 3.63) is 35.0 Å². The van der Waals surface area contributed by atoms with E-state index in [2.05, 4.69) is 9.71 Å². The van der Waals surface area contributed by atoms with Gasteiger partial charge in [0, 0.05) is 22.6 Å². The van der Waals surface area contributed by atoms with E-state index in [1.165, 1.54) is 18.3 Å². The SMILES string of the molecule is CNS(=O)(=O)Cc1ccc2[nH]c3c(c2c1)CC(N)CC3.O=C(O)C(=O)O. The molecular formula is C16H21N3O6S. The monoisotopic (exact) mass is 383 g/mol. The largest absolute Gasteiger partial charge is 0.473 e. The lowest BCUT2D eigenvalue weighted by Gasteiger charge is -2.18. The minimum Gasteiger partial charge on any atom is -0.473 e. The molecule has 0 saturated carbocycles. The van der Waals surface area contributed by atoms with Gasteiger partial charge in [-0.25, -0.2) is 22.7 Å². The molecule has 1 atom stereocenters. The molecule has 9 nitrogen and oxygen atoms in total. The highest BCUT2D eigenvalue weighted by Crippen LogP contribution is 2.29. The quantitative estimate of drug-likeness (QED) is 0.472. The summed E-state index contributed by atoms with van der Waals surface area (Å²) in [6, 6.07) is 5.99. The van der Waals surface area contributed by atoms with Gasteiger partial charge in [-0.15, -0.1) is 0 Å². The Kier molecular flexibility index (Phi) is 6.01. The number of nitrogens with one attached hydrogen (secondary N) is 2. The van der Waals surface area contributed by atoms with Crippen LogP contribution in [-0.4, -0.2) is 48.6 Å². The van der Waals surface area contributed by atoms with E-state index in [1.807, 2.05) is 18.2 Å². The fraction of sp³-hybridized carbons (Fsp3) is 0.375. The van der Waals surface area contributed by atoms with Crippen LogP contribution in [0.5, 0.6) is 0 Å². The number of rotatable bonds is 3. The molecular weight excluding hydrogens is 362 g/mol. The summed E-state index contributed by atoms with van der Waals surface area (Å²) in [5.74, 6) is -3.64. The highest BCUT2D eigenvalue weighted by molar-refractivity contribution is 7.88. The molecule has 2 aromatic rings. The normalized spacial score (nSPS) is 16.5. The third-order valence-corrected chi connectivity index (χ3v) is 5.48. The van der Waals surface area contributed by atoms with Crippen LogP contribution < -0.4 is 10.5 Å². The Labute approximate surface area is 150 Å². The van der Waals surface area contributed by atoms with Crippen LogP contribution in [0.1, 0.15) is 23.2 Å². The molecule has 6 N–H and O–H groups in total. The van der Waals surface area contributed by atoms with Crippen molar-refractivity contribution in [2.75, 3.05) is 7.05 Å². The molecule has 1 aromatic carbocycles. The lowest BCUT2D eigenvalue weighted by molar-refractivity contribution is -0.159. The van der Waals surface area contributed by atoms with Gasteiger partial charge >= 0.3 is 11.9 Å². The number of aryl methyl sites for hydroxylation is 1. The molecule has 142 valence electrons. The molecule has 0 aliphatic heterocycles. The molecule has 10 heteroatoms. The fourth-order valence-electron chi connectivity index (χ4n) is 2.87. The van der Waals surface area contributed by atoms with Gasteiger partial charge in [-0.1, -0.05) is 6.07 Å². The number of carboxylic acids is 2. The Hall–Kier alpha value is -2.43. The number of hydrogen-bond acceptors (Lipinski definition) is 5. The highest BCUT2D eigenvalue weighted by Gasteiger charge is 2.20. The Morgan fingerprint density at radius 1 is 1.31 bits per heavy atom. The topological polar surface area (TPSA) is 163 Å². The Morgan fingerprint density at radius 2 is 1.96 bits per heavy atom. The summed E-state index contributed by atoms with van der Waals surface area (Å²) in [5, 5.41) is 15.9. The molecule has 0 amide bonds. The molecule has 3 rings (SSSR count). The standard InChI is InChI=1S/C14H19N3O2S.C2H2O4/c1-16-20(18,19)8-9-2-4-13-11(6-9)12-7-10(15)3-5-14(12)17-13;3-1(4)2(5)6/h2,4,6,10,16-17H,3,5,7-8,15H2,1H3;(H,3,4)(H,5,6). The molecule has 1 aliphatic carbocycles. The minimum atomic E-state index is -3.24. The van der Waals surface area contributed by atoms with Crippen molar-refractivity contribution in [2.24, 2.45) is 5.73 Å². The molecule has 1 aromatic heterocycles. The van der Waals surface area contributed by atoms with Crippen LogP contribution in [0.4, 0.5) is 0 Å². The third kappa shape index (κ3) is 4.81. The Balaban J connectivity index is 0.000000352. The predicted octanol–water partition coefficient (Wildman–Crippen LogP) is 0.189. The first-order valence-corrected chi connectivity index (χ1v) is 9.53. The molecule has 26 heavy (non-hydrogen) atoms. The number of fused-ring (bicyclic) bond motifs is 3. The van der Waals surface area contributed by atoms with E-state index in [-0.39, 0.29) is 11.8 Å². The first-order valence-electron chi connectivity index (χ1n) is 7.88. The van der Waals surface area contributed by atoms with Gasteiger partial charge in [0.05, 0.1) is 5.75 Å². The molecule has 0 spiro atoms. The number of carbonyl (C=O) groups is 2. The zero-order valence-electron chi connectivity index (χ0n) is 14.2. The van der Waals surface area contributed by atoms with Crippen molar-refractivity contribution < 1.29 is 28.2 Å². The van der Waals surface area contributed by atoms with E-state index in [9.17, 15) is 8.42 Å². The smallest absolute Gasteiger partial charge is 0.414 e. The van der Waals surface area contributed by atoms with Gasteiger partial charge < -0.3 is 20.9 Å². The Morgan fingerprint density at radius 3 is 2.54 bits per heavy atom. The number of aromatic amines is 1. The zero-order chi connectivity index (χ0) is 19.5. The second-order valence-electron chi connectivity index (χ2n) is 6.04. The number of nitrogens with two attached hydrogens (primary N) is 1. The molecule has 0 fully saturated rings. The van der Waals surface area contributed by atoms with Crippen LogP contribution in [-0.2, 0) is 38.2 Å². The fourth-order valence-corrected chi connectivity index (χ4v) is 3.64. The summed E-state index contributed by atoms with van der Waals surface area (Å²) in [7, 11) is -1.81. The molecule has 0 bridgehead atoms. The number of aromatic nitrogens is 1. The van der Waals surface area contributed by atoms with E-state index >= 15 is 0 Å². The maximum Gasteiger partial charge on any atom is 0.414 e. The number of aliphatic carboxylic acids is 2. The van der Waals surface area contributed by atoms with Crippen molar-refractivity contribution in [2.45, 2.75) is 31.1 Å². The molecule has 1 aliphatic rings. The van der Waals surface area contributed by atoms with Gasteiger partial charge in [-0.05, 0) is 49.6 Å². The summed E-state index contributed by atoms with van der Waals surface area (Å²) < 4.78 is 25.6. The number of carboxylic acid groups (broad SMARTS) is 2. The van der Waals surface area contributed by atoms with E-state index in [0.29, 0.717) is 0 Å². The summed E-state index contributed by atoms with van der Waals surface area (Å²) in [6.45, 7) is 0. The van der Waals surface area contributed by atoms with Crippen LogP contribution in [0.3, 0.4) is 0 Å². The van der Waals surface area contributed by atoms with Gasteiger partial charge in [0.15, 0.2) is 0 Å². The molecule has 1 heterocycles. The summed E-state index contributed by atoms with van der Waals surface area (Å²) in [6.07, 6.45) is 2.83. The van der Waals surface area contributed by atoms with Gasteiger partial charge in [-0.2, -0.15) is 0 Å². The number of benzene rings is 1.